The molecule has 0 rings (SSSR count). The lowest BCUT2D eigenvalue weighted by molar-refractivity contribution is -0.870. The van der Waals surface area contributed by atoms with Crippen LogP contribution in [0.2, 0.25) is 0 Å². The second-order valence-corrected chi connectivity index (χ2v) is 19.2. The first-order valence-electron chi connectivity index (χ1n) is 26.5. The van der Waals surface area contributed by atoms with Crippen LogP contribution in [-0.4, -0.2) is 87.4 Å². The predicted molar refractivity (Wildman–Crippen MR) is 263 cm³/mol. The van der Waals surface area contributed by atoms with Gasteiger partial charge in [0.25, 0.3) is 6.29 Å². The van der Waals surface area contributed by atoms with Gasteiger partial charge in [-0.25, -0.2) is 4.79 Å². The zero-order valence-electron chi connectivity index (χ0n) is 42.0. The smallest absolute Gasteiger partial charge is 0.361 e. The van der Waals surface area contributed by atoms with Crippen LogP contribution in [0.1, 0.15) is 245 Å². The van der Waals surface area contributed by atoms with Crippen molar-refractivity contribution in [2.45, 2.75) is 257 Å². The molecule has 9 heteroatoms. The summed E-state index contributed by atoms with van der Waals surface area (Å²) in [6.07, 6.45) is 49.8. The molecule has 0 fully saturated rings. The summed E-state index contributed by atoms with van der Waals surface area (Å²) in [5, 5.41) is 9.64. The standard InChI is InChI=1S/C54H101NO8/c1-6-8-10-12-14-16-17-18-19-20-21-22-23-24-25-26-27-28-29-30-31-32-33-34-35-37-39-41-43-45-52(57)63-50(49-62-54(53(58)59)60-47-46-55(3,4)5)48-61-51(56)44-42-40-38-36-15-13-11-9-7-2/h17-18,20-21,50,54H,6-16,19,22-49H2,1-5H3/p+1/b18-17-,21-20-. The van der Waals surface area contributed by atoms with E-state index >= 15 is 0 Å². The molecule has 1 N–H and O–H groups in total. The summed E-state index contributed by atoms with van der Waals surface area (Å²) in [5.74, 6) is -1.99. The molecule has 0 saturated carbocycles. The van der Waals surface area contributed by atoms with Crippen molar-refractivity contribution in [2.24, 2.45) is 0 Å². The number of carbonyl (C=O) groups is 3. The molecule has 370 valence electrons. The van der Waals surface area contributed by atoms with Gasteiger partial charge >= 0.3 is 17.9 Å². The molecular formula is C54H102NO8+. The minimum absolute atomic E-state index is 0.177. The van der Waals surface area contributed by atoms with Crippen molar-refractivity contribution in [3.05, 3.63) is 24.3 Å². The van der Waals surface area contributed by atoms with E-state index in [1.165, 1.54) is 173 Å². The summed E-state index contributed by atoms with van der Waals surface area (Å²) in [5.41, 5.74) is 0. The largest absolute Gasteiger partial charge is 0.477 e. The number of esters is 2. The van der Waals surface area contributed by atoms with Gasteiger partial charge in [0, 0.05) is 12.8 Å². The third kappa shape index (κ3) is 47.5. The number of likely N-dealkylation sites (N-methyl/N-ethyl adjacent to an activating group) is 1. The van der Waals surface area contributed by atoms with E-state index in [1.54, 1.807) is 0 Å². The number of ether oxygens (including phenoxy) is 4. The average molecular weight is 893 g/mol. The number of quaternary nitrogens is 1. The highest BCUT2D eigenvalue weighted by molar-refractivity contribution is 5.71. The lowest BCUT2D eigenvalue weighted by Crippen LogP contribution is -2.40. The minimum Gasteiger partial charge on any atom is -0.477 e. The van der Waals surface area contributed by atoms with Gasteiger partial charge < -0.3 is 28.5 Å². The number of allylic oxidation sites excluding steroid dienone is 4. The first-order valence-corrected chi connectivity index (χ1v) is 26.5. The van der Waals surface area contributed by atoms with Gasteiger partial charge in [-0.15, -0.1) is 0 Å². The van der Waals surface area contributed by atoms with Crippen LogP contribution in [0.3, 0.4) is 0 Å². The fourth-order valence-electron chi connectivity index (χ4n) is 7.57. The first kappa shape index (κ1) is 60.8. The summed E-state index contributed by atoms with van der Waals surface area (Å²) >= 11 is 0. The molecule has 0 amide bonds. The normalized spacial score (nSPS) is 13.0. The monoisotopic (exact) mass is 893 g/mol. The summed E-state index contributed by atoms with van der Waals surface area (Å²) < 4.78 is 22.8. The first-order chi connectivity index (χ1) is 30.6. The molecule has 0 spiro atoms. The van der Waals surface area contributed by atoms with Crippen molar-refractivity contribution in [2.75, 3.05) is 47.5 Å². The molecule has 0 aliphatic carbocycles. The van der Waals surface area contributed by atoms with Gasteiger partial charge in [-0.05, 0) is 44.9 Å². The Morgan fingerprint density at radius 3 is 1.25 bits per heavy atom. The molecule has 63 heavy (non-hydrogen) atoms. The molecule has 9 nitrogen and oxygen atoms in total. The number of carbonyl (C=O) groups excluding carboxylic acids is 2. The maximum absolute atomic E-state index is 12.8. The molecule has 2 atom stereocenters. The van der Waals surface area contributed by atoms with Crippen LogP contribution >= 0.6 is 0 Å². The Hall–Kier alpha value is -2.23. The van der Waals surface area contributed by atoms with E-state index in [0.29, 0.717) is 17.4 Å². The Morgan fingerprint density at radius 1 is 0.476 bits per heavy atom. The van der Waals surface area contributed by atoms with E-state index in [9.17, 15) is 19.5 Å². The molecule has 0 saturated heterocycles. The van der Waals surface area contributed by atoms with E-state index in [2.05, 4.69) is 38.2 Å². The maximum Gasteiger partial charge on any atom is 0.361 e. The third-order valence-electron chi connectivity index (χ3n) is 11.7. The highest BCUT2D eigenvalue weighted by Gasteiger charge is 2.25. The number of hydrogen-bond acceptors (Lipinski definition) is 7. The summed E-state index contributed by atoms with van der Waals surface area (Å²) in [7, 11) is 5.96. The van der Waals surface area contributed by atoms with Crippen LogP contribution in [0.15, 0.2) is 24.3 Å². The zero-order chi connectivity index (χ0) is 46.3. The van der Waals surface area contributed by atoms with Gasteiger partial charge in [-0.2, -0.15) is 0 Å². The van der Waals surface area contributed by atoms with Gasteiger partial charge in [0.05, 0.1) is 34.4 Å². The van der Waals surface area contributed by atoms with Gasteiger partial charge in [0.2, 0.25) is 0 Å². The predicted octanol–water partition coefficient (Wildman–Crippen LogP) is 14.8. The summed E-state index contributed by atoms with van der Waals surface area (Å²) in [4.78, 5) is 37.1. The third-order valence-corrected chi connectivity index (χ3v) is 11.7. The van der Waals surface area contributed by atoms with Crippen LogP contribution in [-0.2, 0) is 33.3 Å². The van der Waals surface area contributed by atoms with E-state index < -0.39 is 24.3 Å². The van der Waals surface area contributed by atoms with E-state index in [1.807, 2.05) is 21.1 Å². The lowest BCUT2D eigenvalue weighted by atomic mass is 10.0. The number of nitrogens with zero attached hydrogens (tertiary/aromatic N) is 1. The Morgan fingerprint density at radius 2 is 0.857 bits per heavy atom. The maximum atomic E-state index is 12.8. The van der Waals surface area contributed by atoms with E-state index in [4.69, 9.17) is 18.9 Å². The Kier molecular flexibility index (Phi) is 44.7. The number of carboxylic acids is 1. The molecule has 0 aromatic carbocycles. The van der Waals surface area contributed by atoms with E-state index in [-0.39, 0.29) is 32.2 Å². The van der Waals surface area contributed by atoms with Crippen molar-refractivity contribution < 1.29 is 42.9 Å². The number of hydrogen-bond donors (Lipinski definition) is 1. The number of aliphatic carboxylic acids is 1. The van der Waals surface area contributed by atoms with Crippen LogP contribution in [0.4, 0.5) is 0 Å². The van der Waals surface area contributed by atoms with Crippen molar-refractivity contribution >= 4 is 17.9 Å². The molecule has 2 unspecified atom stereocenters. The number of carboxylic acid groups (broad SMARTS) is 1. The van der Waals surface area contributed by atoms with Gasteiger partial charge in [0.15, 0.2) is 6.10 Å². The van der Waals surface area contributed by atoms with Crippen LogP contribution in [0.25, 0.3) is 0 Å². The number of rotatable bonds is 49. The van der Waals surface area contributed by atoms with E-state index in [0.717, 1.165) is 44.9 Å². The second kappa shape index (κ2) is 46.3. The van der Waals surface area contributed by atoms with Crippen molar-refractivity contribution in [3.63, 3.8) is 0 Å². The lowest BCUT2D eigenvalue weighted by Gasteiger charge is -2.25. The average Bonchev–Trinajstić information content (AvgIpc) is 3.24. The quantitative estimate of drug-likeness (QED) is 0.0211. The van der Waals surface area contributed by atoms with Crippen LogP contribution < -0.4 is 0 Å². The molecule has 0 radical (unpaired) electrons. The molecule has 0 aromatic rings. The SMILES string of the molecule is CCCCCCC/C=C\C/C=C\CCCCCCCCCCCCCCCCCCCC(=O)OC(COC(=O)CCCCCCCCCCC)COC(OCC[N+](C)(C)C)C(=O)O. The molecule has 0 bridgehead atoms. The molecular weight excluding hydrogens is 791 g/mol. The van der Waals surface area contributed by atoms with Crippen LogP contribution in [0.5, 0.6) is 0 Å². The van der Waals surface area contributed by atoms with Gasteiger partial charge in [-0.1, -0.05) is 212 Å². The summed E-state index contributed by atoms with van der Waals surface area (Å²) in [6.45, 7) is 4.86. The molecule has 0 aliphatic rings. The topological polar surface area (TPSA) is 108 Å². The van der Waals surface area contributed by atoms with Crippen molar-refractivity contribution in [1.82, 2.24) is 0 Å². The highest BCUT2D eigenvalue weighted by atomic mass is 16.7. The highest BCUT2D eigenvalue weighted by Crippen LogP contribution is 2.16. The second-order valence-electron chi connectivity index (χ2n) is 19.2. The fraction of sp³-hybridized carbons (Fsp3) is 0.870. The Bertz CT molecular complexity index is 1090. The van der Waals surface area contributed by atoms with Crippen LogP contribution in [0, 0.1) is 0 Å². The molecule has 0 aromatic heterocycles. The Labute approximate surface area is 388 Å². The van der Waals surface area contributed by atoms with Crippen molar-refractivity contribution in [1.29, 1.82) is 0 Å². The minimum atomic E-state index is -1.50. The van der Waals surface area contributed by atoms with Gasteiger partial charge in [0.1, 0.15) is 13.2 Å². The Balaban J connectivity index is 4.08. The molecule has 0 aliphatic heterocycles. The summed E-state index contributed by atoms with van der Waals surface area (Å²) in [6, 6.07) is 0. The van der Waals surface area contributed by atoms with Crippen molar-refractivity contribution in [3.8, 4) is 0 Å². The number of unbranched alkanes of at least 4 members (excludes halogenated alkanes) is 30. The fourth-order valence-corrected chi connectivity index (χ4v) is 7.57. The zero-order valence-corrected chi connectivity index (χ0v) is 42.0. The van der Waals surface area contributed by atoms with Gasteiger partial charge in [-0.3, -0.25) is 9.59 Å². The molecule has 0 heterocycles.